The zero-order chi connectivity index (χ0) is 6.27. The van der Waals surface area contributed by atoms with Gasteiger partial charge in [0.05, 0.1) is 6.04 Å². The highest BCUT2D eigenvalue weighted by atomic mass is 16.1. The van der Waals surface area contributed by atoms with E-state index in [0.717, 1.165) is 25.3 Å². The second-order valence-electron chi connectivity index (χ2n) is 3.07. The number of nitrogens with one attached hydrogen (secondary N) is 1. The van der Waals surface area contributed by atoms with E-state index in [9.17, 15) is 4.79 Å². The van der Waals surface area contributed by atoms with Gasteiger partial charge >= 0.3 is 0 Å². The Hall–Kier alpha value is -0.370. The molecule has 2 nitrogen and oxygen atoms in total. The first kappa shape index (κ1) is 5.42. The Bertz CT molecular complexity index is 144. The van der Waals surface area contributed by atoms with Crippen LogP contribution in [0.2, 0.25) is 0 Å². The summed E-state index contributed by atoms with van der Waals surface area (Å²) in [6.45, 7) is 1.06. The zero-order valence-corrected chi connectivity index (χ0v) is 5.39. The second-order valence-corrected chi connectivity index (χ2v) is 3.07. The number of ketones is 1. The molecule has 2 rings (SSSR count). The van der Waals surface area contributed by atoms with E-state index in [-0.39, 0.29) is 6.04 Å². The summed E-state index contributed by atoms with van der Waals surface area (Å²) in [6.07, 6.45) is 3.17. The van der Waals surface area contributed by atoms with Gasteiger partial charge in [0.25, 0.3) is 0 Å². The number of hydrogen-bond acceptors (Lipinski definition) is 2. The van der Waals surface area contributed by atoms with Crippen LogP contribution in [0, 0.1) is 5.92 Å². The number of fused-ring (bicyclic) bond motifs is 2. The first-order valence-electron chi connectivity index (χ1n) is 3.62. The predicted octanol–water partition coefficient (Wildman–Crippen LogP) is 0.327. The summed E-state index contributed by atoms with van der Waals surface area (Å²) in [7, 11) is 0. The fourth-order valence-corrected chi connectivity index (χ4v) is 1.85. The lowest BCUT2D eigenvalue weighted by molar-refractivity contribution is -0.119. The molecule has 0 aromatic rings. The molecule has 2 aliphatic rings. The van der Waals surface area contributed by atoms with Crippen LogP contribution in [0.3, 0.4) is 0 Å². The van der Waals surface area contributed by atoms with Crippen LogP contribution >= 0.6 is 0 Å². The molecule has 1 saturated carbocycles. The predicted molar refractivity (Wildman–Crippen MR) is 34.1 cm³/mol. The van der Waals surface area contributed by atoms with Crippen LogP contribution in [0.1, 0.15) is 19.3 Å². The van der Waals surface area contributed by atoms with E-state index in [1.165, 1.54) is 6.42 Å². The van der Waals surface area contributed by atoms with E-state index in [1.54, 1.807) is 0 Å². The summed E-state index contributed by atoms with van der Waals surface area (Å²) in [6, 6.07) is 0.240. The molecule has 1 heterocycles. The third-order valence-corrected chi connectivity index (χ3v) is 2.39. The Morgan fingerprint density at radius 1 is 1.56 bits per heavy atom. The van der Waals surface area contributed by atoms with Gasteiger partial charge in [0.2, 0.25) is 0 Å². The zero-order valence-electron chi connectivity index (χ0n) is 5.39. The van der Waals surface area contributed by atoms with Gasteiger partial charge in [-0.3, -0.25) is 4.79 Å². The van der Waals surface area contributed by atoms with Crippen LogP contribution in [0.4, 0.5) is 0 Å². The van der Waals surface area contributed by atoms with Crippen LogP contribution in [0.15, 0.2) is 0 Å². The van der Waals surface area contributed by atoms with Crippen molar-refractivity contribution in [2.75, 3.05) is 6.54 Å². The van der Waals surface area contributed by atoms with Gasteiger partial charge in [-0.15, -0.1) is 0 Å². The Kier molecular flexibility index (Phi) is 1.09. The highest BCUT2D eigenvalue weighted by Gasteiger charge is 2.34. The monoisotopic (exact) mass is 125 g/mol. The summed E-state index contributed by atoms with van der Waals surface area (Å²) in [5.74, 6) is 1.17. The largest absolute Gasteiger partial charge is 0.307 e. The molecule has 0 spiro atoms. The fraction of sp³-hybridized carbons (Fsp3) is 0.857. The Balaban J connectivity index is 2.15. The van der Waals surface area contributed by atoms with Crippen molar-refractivity contribution in [1.82, 2.24) is 5.32 Å². The highest BCUT2D eigenvalue weighted by Crippen LogP contribution is 2.28. The molecule has 2 heteroatoms. The van der Waals surface area contributed by atoms with Crippen molar-refractivity contribution < 1.29 is 4.79 Å². The van der Waals surface area contributed by atoms with Gasteiger partial charge in [-0.05, 0) is 25.3 Å². The lowest BCUT2D eigenvalue weighted by Crippen LogP contribution is -2.35. The van der Waals surface area contributed by atoms with Gasteiger partial charge in [-0.25, -0.2) is 0 Å². The maximum Gasteiger partial charge on any atom is 0.150 e. The standard InChI is InChI=1S/C7H11NO/c9-7-4-5-1-2-8-6(7)3-5/h5-6,8H,1-4H2. The third-order valence-electron chi connectivity index (χ3n) is 2.39. The molecule has 0 aromatic heterocycles. The summed E-state index contributed by atoms with van der Waals surface area (Å²) >= 11 is 0. The van der Waals surface area contributed by atoms with Crippen molar-refractivity contribution in [1.29, 1.82) is 0 Å². The number of carbonyl (C=O) groups excluding carboxylic acids is 1. The fourth-order valence-electron chi connectivity index (χ4n) is 1.85. The summed E-state index contributed by atoms with van der Waals surface area (Å²) in [4.78, 5) is 11.0. The van der Waals surface area contributed by atoms with Crippen molar-refractivity contribution in [2.24, 2.45) is 5.92 Å². The average molecular weight is 125 g/mol. The van der Waals surface area contributed by atoms with Gasteiger partial charge < -0.3 is 5.32 Å². The van der Waals surface area contributed by atoms with Crippen LogP contribution < -0.4 is 5.32 Å². The van der Waals surface area contributed by atoms with Gasteiger partial charge in [-0.2, -0.15) is 0 Å². The number of carbonyl (C=O) groups is 1. The minimum Gasteiger partial charge on any atom is -0.307 e. The van der Waals surface area contributed by atoms with Crippen molar-refractivity contribution >= 4 is 5.78 Å². The smallest absolute Gasteiger partial charge is 0.150 e. The lowest BCUT2D eigenvalue weighted by atomic mass is 10.0. The van der Waals surface area contributed by atoms with E-state index < -0.39 is 0 Å². The molecule has 1 saturated heterocycles. The molecule has 9 heavy (non-hydrogen) atoms. The topological polar surface area (TPSA) is 29.1 Å². The number of hydrogen-bond donors (Lipinski definition) is 1. The first-order chi connectivity index (χ1) is 4.36. The normalized spacial score (nSPS) is 41.6. The molecule has 1 N–H and O–H groups in total. The molecule has 50 valence electrons. The molecular formula is C7H11NO. The number of Topliss-reactive ketones (excluding diaryl/α,β-unsaturated/α-hetero) is 1. The van der Waals surface area contributed by atoms with E-state index >= 15 is 0 Å². The van der Waals surface area contributed by atoms with Crippen LogP contribution in [-0.4, -0.2) is 18.4 Å². The minimum absolute atomic E-state index is 0.240. The van der Waals surface area contributed by atoms with Gasteiger partial charge in [0.15, 0.2) is 0 Å². The van der Waals surface area contributed by atoms with E-state index in [2.05, 4.69) is 5.32 Å². The summed E-state index contributed by atoms with van der Waals surface area (Å²) < 4.78 is 0. The quantitative estimate of drug-likeness (QED) is 0.505. The van der Waals surface area contributed by atoms with Crippen LogP contribution in [0.25, 0.3) is 0 Å². The minimum atomic E-state index is 0.240. The second kappa shape index (κ2) is 1.81. The van der Waals surface area contributed by atoms with Gasteiger partial charge in [0, 0.05) is 6.42 Å². The van der Waals surface area contributed by atoms with E-state index in [0.29, 0.717) is 5.78 Å². The maximum absolute atomic E-state index is 11.0. The number of rotatable bonds is 0. The first-order valence-corrected chi connectivity index (χ1v) is 3.62. The van der Waals surface area contributed by atoms with Crippen LogP contribution in [0.5, 0.6) is 0 Å². The molecule has 2 unspecified atom stereocenters. The number of piperidine rings is 1. The molecule has 0 amide bonds. The highest BCUT2D eigenvalue weighted by molar-refractivity contribution is 5.86. The van der Waals surface area contributed by atoms with Crippen molar-refractivity contribution in [2.45, 2.75) is 25.3 Å². The molecular weight excluding hydrogens is 114 g/mol. The molecule has 0 radical (unpaired) electrons. The molecule has 1 aliphatic heterocycles. The van der Waals surface area contributed by atoms with Crippen molar-refractivity contribution in [3.63, 3.8) is 0 Å². The van der Waals surface area contributed by atoms with Gasteiger partial charge in [0.1, 0.15) is 5.78 Å². The van der Waals surface area contributed by atoms with Gasteiger partial charge in [-0.1, -0.05) is 0 Å². The summed E-state index contributed by atoms with van der Waals surface area (Å²) in [5, 5.41) is 3.21. The average Bonchev–Trinajstić information content (AvgIpc) is 2.09. The summed E-state index contributed by atoms with van der Waals surface area (Å²) in [5.41, 5.74) is 0. The molecule has 2 atom stereocenters. The van der Waals surface area contributed by atoms with Crippen LogP contribution in [-0.2, 0) is 4.79 Å². The lowest BCUT2D eigenvalue weighted by Gasteiger charge is -2.17. The van der Waals surface area contributed by atoms with E-state index in [4.69, 9.17) is 0 Å². The van der Waals surface area contributed by atoms with Crippen molar-refractivity contribution in [3.05, 3.63) is 0 Å². The molecule has 1 aliphatic carbocycles. The molecule has 0 aromatic carbocycles. The maximum atomic E-state index is 11.0. The third kappa shape index (κ3) is 0.778. The SMILES string of the molecule is O=C1CC2CCNC1C2. The molecule has 2 bridgehead atoms. The van der Waals surface area contributed by atoms with Crippen molar-refractivity contribution in [3.8, 4) is 0 Å². The molecule has 2 fully saturated rings. The van der Waals surface area contributed by atoms with E-state index in [1.807, 2.05) is 0 Å². The Morgan fingerprint density at radius 3 is 3.11 bits per heavy atom. The Labute approximate surface area is 54.6 Å². The Morgan fingerprint density at radius 2 is 2.44 bits per heavy atom.